The van der Waals surface area contributed by atoms with E-state index in [9.17, 15) is 9.59 Å². The lowest BCUT2D eigenvalue weighted by Crippen LogP contribution is -2.36. The maximum absolute atomic E-state index is 12.8. The van der Waals surface area contributed by atoms with Crippen LogP contribution in [0.5, 0.6) is 0 Å². The molecule has 0 atom stereocenters. The number of hydrogen-bond donors (Lipinski definition) is 0. The van der Waals surface area contributed by atoms with E-state index in [4.69, 9.17) is 14.1 Å². The fourth-order valence-electron chi connectivity index (χ4n) is 6.22. The summed E-state index contributed by atoms with van der Waals surface area (Å²) < 4.78 is 13.8. The van der Waals surface area contributed by atoms with Crippen molar-refractivity contribution >= 4 is 45.3 Å². The van der Waals surface area contributed by atoms with Gasteiger partial charge >= 0.3 is 0 Å². The molecule has 214 valence electrons. The zero-order valence-corrected chi connectivity index (χ0v) is 23.9. The number of aromatic nitrogens is 3. The lowest BCUT2D eigenvalue weighted by molar-refractivity contribution is 0.100. The summed E-state index contributed by atoms with van der Waals surface area (Å²) in [5.41, 5.74) is 4.94. The van der Waals surface area contributed by atoms with Crippen molar-refractivity contribution in [2.45, 2.75) is 38.6 Å². The molecule has 0 radical (unpaired) electrons. The van der Waals surface area contributed by atoms with Gasteiger partial charge < -0.3 is 23.5 Å². The molecule has 9 nitrogen and oxygen atoms in total. The largest absolute Gasteiger partial charge is 0.440 e. The van der Waals surface area contributed by atoms with Gasteiger partial charge in [0.1, 0.15) is 11.2 Å². The van der Waals surface area contributed by atoms with Crippen molar-refractivity contribution in [1.82, 2.24) is 14.5 Å². The molecule has 2 aliphatic rings. The van der Waals surface area contributed by atoms with Crippen LogP contribution in [-0.2, 0) is 4.74 Å². The van der Waals surface area contributed by atoms with Gasteiger partial charge in [0, 0.05) is 56.4 Å². The fourth-order valence-corrected chi connectivity index (χ4v) is 6.22. The SMILES string of the molecule is CC(=O)c1cc2cnc(N(C)c3ccc(-c4ccc5c(=O)cc(N6CCOCC6)oc5c4)cc3)nc2n1C1CCCC1. The first-order chi connectivity index (χ1) is 20.5. The van der Waals surface area contributed by atoms with Crippen LogP contribution in [0.1, 0.15) is 49.1 Å². The number of benzene rings is 2. The lowest BCUT2D eigenvalue weighted by Gasteiger charge is -2.27. The highest BCUT2D eigenvalue weighted by molar-refractivity contribution is 5.98. The summed E-state index contributed by atoms with van der Waals surface area (Å²) in [7, 11) is 1.95. The smallest absolute Gasteiger partial charge is 0.231 e. The zero-order valence-electron chi connectivity index (χ0n) is 23.9. The molecule has 1 aliphatic heterocycles. The number of ketones is 1. The summed E-state index contributed by atoms with van der Waals surface area (Å²) in [4.78, 5) is 38.8. The number of carbonyl (C=O) groups excluding carboxylic acids is 1. The maximum atomic E-state index is 12.8. The predicted molar refractivity (Wildman–Crippen MR) is 164 cm³/mol. The van der Waals surface area contributed by atoms with E-state index in [1.54, 1.807) is 13.0 Å². The summed E-state index contributed by atoms with van der Waals surface area (Å²) in [5, 5.41) is 1.45. The molecule has 0 unspecified atom stereocenters. The van der Waals surface area contributed by atoms with Crippen molar-refractivity contribution in [2.75, 3.05) is 43.2 Å². The molecule has 1 aliphatic carbocycles. The molecule has 9 heteroatoms. The van der Waals surface area contributed by atoms with E-state index < -0.39 is 0 Å². The Hall–Kier alpha value is -4.50. The van der Waals surface area contributed by atoms with Crippen molar-refractivity contribution in [3.63, 3.8) is 0 Å². The second kappa shape index (κ2) is 10.7. The summed E-state index contributed by atoms with van der Waals surface area (Å²) in [6.07, 6.45) is 6.28. The van der Waals surface area contributed by atoms with E-state index in [1.807, 2.05) is 71.6 Å². The molecule has 0 N–H and O–H groups in total. The van der Waals surface area contributed by atoms with Crippen molar-refractivity contribution in [2.24, 2.45) is 0 Å². The first-order valence-electron chi connectivity index (χ1n) is 14.6. The Morgan fingerprint density at radius 3 is 2.45 bits per heavy atom. The van der Waals surface area contributed by atoms with Crippen molar-refractivity contribution in [3.05, 3.63) is 76.7 Å². The van der Waals surface area contributed by atoms with Crippen molar-refractivity contribution in [3.8, 4) is 11.1 Å². The Labute approximate surface area is 243 Å². The molecule has 0 bridgehead atoms. The number of morpholine rings is 1. The minimum Gasteiger partial charge on any atom is -0.440 e. The predicted octanol–water partition coefficient (Wildman–Crippen LogP) is 6.13. The molecule has 0 spiro atoms. The van der Waals surface area contributed by atoms with Crippen LogP contribution < -0.4 is 15.2 Å². The van der Waals surface area contributed by atoms with Gasteiger partial charge in [-0.15, -0.1) is 0 Å². The van der Waals surface area contributed by atoms with Crippen molar-refractivity contribution < 1.29 is 13.9 Å². The van der Waals surface area contributed by atoms with E-state index >= 15 is 0 Å². The summed E-state index contributed by atoms with van der Waals surface area (Å²) in [6, 6.07) is 17.7. The third kappa shape index (κ3) is 4.73. The highest BCUT2D eigenvalue weighted by Gasteiger charge is 2.25. The quantitative estimate of drug-likeness (QED) is 0.228. The second-order valence-electron chi connectivity index (χ2n) is 11.2. The first-order valence-corrected chi connectivity index (χ1v) is 14.6. The van der Waals surface area contributed by atoms with Gasteiger partial charge in [-0.25, -0.2) is 4.98 Å². The Balaban J connectivity index is 1.18. The number of fused-ring (bicyclic) bond motifs is 2. The highest BCUT2D eigenvalue weighted by atomic mass is 16.5. The van der Waals surface area contributed by atoms with Crippen LogP contribution in [0.2, 0.25) is 0 Å². The number of Topliss-reactive ketones (excluding diaryl/α,β-unsaturated/α-hetero) is 1. The molecule has 1 saturated heterocycles. The topological polar surface area (TPSA) is 93.7 Å². The number of nitrogens with zero attached hydrogens (tertiary/aromatic N) is 5. The van der Waals surface area contributed by atoms with Gasteiger partial charge in [-0.3, -0.25) is 9.59 Å². The monoisotopic (exact) mass is 563 g/mol. The van der Waals surface area contributed by atoms with Crippen LogP contribution in [-0.4, -0.2) is 53.7 Å². The molecule has 5 aromatic rings. The Morgan fingerprint density at radius 1 is 0.976 bits per heavy atom. The summed E-state index contributed by atoms with van der Waals surface area (Å²) in [6.45, 7) is 4.25. The van der Waals surface area contributed by atoms with Crippen LogP contribution in [0.15, 0.2) is 70.0 Å². The zero-order chi connectivity index (χ0) is 28.8. The molecular formula is C33H33N5O4. The van der Waals surface area contributed by atoms with Crippen LogP contribution in [0.25, 0.3) is 33.1 Å². The molecule has 2 fully saturated rings. The molecule has 42 heavy (non-hydrogen) atoms. The minimum atomic E-state index is -0.0484. The molecular weight excluding hydrogens is 530 g/mol. The summed E-state index contributed by atoms with van der Waals surface area (Å²) in [5.74, 6) is 1.21. The van der Waals surface area contributed by atoms with Crippen LogP contribution in [0.4, 0.5) is 17.5 Å². The number of ether oxygens (including phenoxy) is 1. The fraction of sp³-hybridized carbons (Fsp3) is 0.333. The molecule has 7 rings (SSSR count). The van der Waals surface area contributed by atoms with E-state index in [-0.39, 0.29) is 11.2 Å². The van der Waals surface area contributed by atoms with Crippen LogP contribution in [0.3, 0.4) is 0 Å². The Morgan fingerprint density at radius 2 is 1.71 bits per heavy atom. The van der Waals surface area contributed by atoms with Gasteiger partial charge in [0.15, 0.2) is 17.1 Å². The average molecular weight is 564 g/mol. The van der Waals surface area contributed by atoms with Gasteiger partial charge in [0.25, 0.3) is 0 Å². The van der Waals surface area contributed by atoms with Gasteiger partial charge in [-0.2, -0.15) is 4.98 Å². The molecule has 4 heterocycles. The standard InChI is InChI=1S/C33H33N5O4/c1-21(39)28-17-24-20-34-33(35-32(24)38(28)26-5-3-4-6-26)36(2)25-10-7-22(8-11-25)23-9-12-27-29(40)19-31(42-30(27)18-23)37-13-15-41-16-14-37/h7-12,17-20,26H,3-6,13-16H2,1-2H3. The first kappa shape index (κ1) is 26.4. The third-order valence-corrected chi connectivity index (χ3v) is 8.54. The van der Waals surface area contributed by atoms with Gasteiger partial charge in [0.05, 0.1) is 24.3 Å². The molecule has 3 aromatic heterocycles. The van der Waals surface area contributed by atoms with E-state index in [0.717, 1.165) is 40.7 Å². The Kier molecular flexibility index (Phi) is 6.74. The Bertz CT molecular complexity index is 1850. The van der Waals surface area contributed by atoms with Gasteiger partial charge in [0.2, 0.25) is 5.95 Å². The molecule has 2 aromatic carbocycles. The van der Waals surface area contributed by atoms with E-state index in [0.29, 0.717) is 60.8 Å². The molecule has 1 saturated carbocycles. The van der Waals surface area contributed by atoms with Gasteiger partial charge in [-0.05, 0) is 54.3 Å². The van der Waals surface area contributed by atoms with Crippen molar-refractivity contribution in [1.29, 1.82) is 0 Å². The average Bonchev–Trinajstić information content (AvgIpc) is 3.69. The van der Waals surface area contributed by atoms with Crippen LogP contribution in [0, 0.1) is 0 Å². The van der Waals surface area contributed by atoms with E-state index in [2.05, 4.69) is 9.55 Å². The number of carbonyl (C=O) groups is 1. The maximum Gasteiger partial charge on any atom is 0.231 e. The van der Waals surface area contributed by atoms with E-state index in [1.165, 1.54) is 12.8 Å². The van der Waals surface area contributed by atoms with Crippen LogP contribution >= 0.6 is 0 Å². The highest BCUT2D eigenvalue weighted by Crippen LogP contribution is 2.35. The van der Waals surface area contributed by atoms with Gasteiger partial charge in [-0.1, -0.05) is 31.0 Å². The third-order valence-electron chi connectivity index (χ3n) is 8.54. The normalized spacial score (nSPS) is 16.0. The number of anilines is 3. The number of hydrogen-bond acceptors (Lipinski definition) is 8. The minimum absolute atomic E-state index is 0.0484. The molecule has 0 amide bonds. The number of rotatable bonds is 6. The lowest BCUT2D eigenvalue weighted by atomic mass is 10.0. The second-order valence-corrected chi connectivity index (χ2v) is 11.2. The summed E-state index contributed by atoms with van der Waals surface area (Å²) >= 11 is 0.